The van der Waals surface area contributed by atoms with E-state index in [9.17, 15) is 4.39 Å². The van der Waals surface area contributed by atoms with Crippen molar-refractivity contribution in [3.05, 3.63) is 35.8 Å². The van der Waals surface area contributed by atoms with Crippen molar-refractivity contribution >= 4 is 16.9 Å². The summed E-state index contributed by atoms with van der Waals surface area (Å²) in [7, 11) is 0. The van der Waals surface area contributed by atoms with Gasteiger partial charge in [-0.1, -0.05) is 0 Å². The van der Waals surface area contributed by atoms with E-state index in [1.165, 1.54) is 6.07 Å². The van der Waals surface area contributed by atoms with E-state index in [-0.39, 0.29) is 11.9 Å². The van der Waals surface area contributed by atoms with Crippen molar-refractivity contribution < 1.29 is 4.39 Å². The number of guanidine groups is 1. The van der Waals surface area contributed by atoms with Gasteiger partial charge in [0.25, 0.3) is 0 Å². The van der Waals surface area contributed by atoms with Gasteiger partial charge in [-0.2, -0.15) is 0 Å². The normalized spacial score (nSPS) is 12.3. The lowest BCUT2D eigenvalue weighted by molar-refractivity contribution is 0.629. The molecule has 2 aromatic rings. The van der Waals surface area contributed by atoms with Crippen molar-refractivity contribution in [2.24, 2.45) is 10.7 Å². The Morgan fingerprint density at radius 3 is 3.00 bits per heavy atom. The predicted molar refractivity (Wildman–Crippen MR) is 76.7 cm³/mol. The lowest BCUT2D eigenvalue weighted by Crippen LogP contribution is -2.36. The van der Waals surface area contributed by atoms with Gasteiger partial charge in [-0.05, 0) is 44.0 Å². The third-order valence-corrected chi connectivity index (χ3v) is 2.83. The number of nitrogens with two attached hydrogens (primary N) is 1. The number of nitrogens with one attached hydrogen (secondary N) is 2. The highest BCUT2D eigenvalue weighted by Gasteiger charge is 2.04. The molecule has 102 valence electrons. The van der Waals surface area contributed by atoms with Gasteiger partial charge in [-0.15, -0.1) is 0 Å². The molecule has 0 radical (unpaired) electrons. The van der Waals surface area contributed by atoms with Gasteiger partial charge in [0, 0.05) is 29.7 Å². The van der Waals surface area contributed by atoms with Crippen LogP contribution in [0.5, 0.6) is 0 Å². The van der Waals surface area contributed by atoms with Crippen LogP contribution in [0.1, 0.15) is 19.4 Å². The molecule has 0 aliphatic rings. The summed E-state index contributed by atoms with van der Waals surface area (Å²) in [5, 5.41) is 3.94. The van der Waals surface area contributed by atoms with Crippen molar-refractivity contribution in [2.75, 3.05) is 6.54 Å². The Bertz CT molecular complexity index is 586. The van der Waals surface area contributed by atoms with Crippen LogP contribution < -0.4 is 11.1 Å². The van der Waals surface area contributed by atoms with Crippen LogP contribution in [-0.4, -0.2) is 23.5 Å². The average Bonchev–Trinajstić information content (AvgIpc) is 2.71. The summed E-state index contributed by atoms with van der Waals surface area (Å²) < 4.78 is 13.2. The predicted octanol–water partition coefficient (Wildman–Crippen LogP) is 2.16. The van der Waals surface area contributed by atoms with Crippen molar-refractivity contribution in [2.45, 2.75) is 26.3 Å². The minimum absolute atomic E-state index is 0.224. The third-order valence-electron chi connectivity index (χ3n) is 2.83. The highest BCUT2D eigenvalue weighted by Crippen LogP contribution is 2.19. The van der Waals surface area contributed by atoms with Crippen LogP contribution in [0.4, 0.5) is 4.39 Å². The molecule has 0 unspecified atom stereocenters. The molecule has 0 aliphatic carbocycles. The molecule has 1 heterocycles. The van der Waals surface area contributed by atoms with Crippen molar-refractivity contribution in [3.8, 4) is 0 Å². The molecule has 4 nitrogen and oxygen atoms in total. The molecule has 1 aromatic heterocycles. The number of aromatic amines is 1. The fourth-order valence-electron chi connectivity index (χ4n) is 2.00. The zero-order chi connectivity index (χ0) is 13.8. The van der Waals surface area contributed by atoms with Crippen LogP contribution in [0.2, 0.25) is 0 Å². The Balaban J connectivity index is 2.04. The average molecular weight is 262 g/mol. The fraction of sp³-hybridized carbons (Fsp3) is 0.357. The molecule has 2 rings (SSSR count). The van der Waals surface area contributed by atoms with E-state index in [0.29, 0.717) is 12.5 Å². The molecule has 1 aromatic carbocycles. The lowest BCUT2D eigenvalue weighted by Gasteiger charge is -2.08. The number of halogens is 1. The number of fused-ring (bicyclic) bond motifs is 1. The monoisotopic (exact) mass is 262 g/mol. The minimum Gasteiger partial charge on any atom is -0.370 e. The summed E-state index contributed by atoms with van der Waals surface area (Å²) in [6, 6.07) is 5.00. The summed E-state index contributed by atoms with van der Waals surface area (Å²) in [6.07, 6.45) is 2.62. The van der Waals surface area contributed by atoms with Gasteiger partial charge in [-0.3, -0.25) is 4.99 Å². The standard InChI is InChI=1S/C14H19FN4/c1-9(2)19-14(16)17-6-5-10-8-18-13-4-3-11(15)7-12(10)13/h3-4,7-9,18H,5-6H2,1-2H3,(H3,16,17,19). The second-order valence-corrected chi connectivity index (χ2v) is 4.82. The number of benzene rings is 1. The smallest absolute Gasteiger partial charge is 0.188 e. The van der Waals surface area contributed by atoms with E-state index in [4.69, 9.17) is 5.73 Å². The third kappa shape index (κ3) is 3.47. The van der Waals surface area contributed by atoms with E-state index in [0.717, 1.165) is 22.9 Å². The number of H-pyrrole nitrogens is 1. The highest BCUT2D eigenvalue weighted by atomic mass is 19.1. The molecular weight excluding hydrogens is 243 g/mol. The Hall–Kier alpha value is -2.04. The molecule has 0 fully saturated rings. The minimum atomic E-state index is -0.224. The van der Waals surface area contributed by atoms with E-state index in [1.54, 1.807) is 12.1 Å². The molecule has 19 heavy (non-hydrogen) atoms. The fourth-order valence-corrected chi connectivity index (χ4v) is 2.00. The molecule has 0 spiro atoms. The maximum absolute atomic E-state index is 13.2. The Kier molecular flexibility index (Phi) is 4.04. The first kappa shape index (κ1) is 13.4. The number of nitrogens with zero attached hydrogens (tertiary/aromatic N) is 1. The topological polar surface area (TPSA) is 66.2 Å². The van der Waals surface area contributed by atoms with Gasteiger partial charge in [0.05, 0.1) is 0 Å². The Morgan fingerprint density at radius 2 is 2.26 bits per heavy atom. The van der Waals surface area contributed by atoms with Crippen LogP contribution in [0.25, 0.3) is 10.9 Å². The van der Waals surface area contributed by atoms with Gasteiger partial charge in [0.15, 0.2) is 5.96 Å². The molecule has 0 atom stereocenters. The summed E-state index contributed by atoms with van der Waals surface area (Å²) in [5.41, 5.74) is 7.71. The quantitative estimate of drug-likeness (QED) is 0.584. The first-order valence-corrected chi connectivity index (χ1v) is 6.38. The van der Waals surface area contributed by atoms with Crippen LogP contribution in [0.15, 0.2) is 29.4 Å². The van der Waals surface area contributed by atoms with E-state index in [2.05, 4.69) is 15.3 Å². The van der Waals surface area contributed by atoms with Gasteiger partial charge < -0.3 is 16.0 Å². The maximum atomic E-state index is 13.2. The van der Waals surface area contributed by atoms with Crippen LogP contribution in [-0.2, 0) is 6.42 Å². The zero-order valence-corrected chi connectivity index (χ0v) is 11.2. The first-order chi connectivity index (χ1) is 9.06. The van der Waals surface area contributed by atoms with Crippen LogP contribution in [0, 0.1) is 5.82 Å². The number of aliphatic imine (C=N–C) groups is 1. The molecule has 0 saturated carbocycles. The molecule has 0 amide bonds. The van der Waals surface area contributed by atoms with Gasteiger partial charge in [-0.25, -0.2) is 4.39 Å². The second kappa shape index (κ2) is 5.73. The van der Waals surface area contributed by atoms with Crippen LogP contribution in [0.3, 0.4) is 0 Å². The number of aromatic nitrogens is 1. The van der Waals surface area contributed by atoms with Crippen LogP contribution >= 0.6 is 0 Å². The van der Waals surface area contributed by atoms with Gasteiger partial charge >= 0.3 is 0 Å². The van der Waals surface area contributed by atoms with Gasteiger partial charge in [0.2, 0.25) is 0 Å². The Labute approximate surface area is 111 Å². The molecular formula is C14H19FN4. The largest absolute Gasteiger partial charge is 0.370 e. The van der Waals surface area contributed by atoms with Crippen molar-refractivity contribution in [3.63, 3.8) is 0 Å². The number of hydrogen-bond donors (Lipinski definition) is 3. The lowest BCUT2D eigenvalue weighted by atomic mass is 10.1. The van der Waals surface area contributed by atoms with Crippen molar-refractivity contribution in [1.82, 2.24) is 10.3 Å². The summed E-state index contributed by atoms with van der Waals surface area (Å²) in [6.45, 7) is 4.59. The second-order valence-electron chi connectivity index (χ2n) is 4.82. The SMILES string of the molecule is CC(C)NC(N)=NCCc1c[nH]c2ccc(F)cc12. The van der Waals surface area contributed by atoms with E-state index >= 15 is 0 Å². The molecule has 5 heteroatoms. The molecule has 0 saturated heterocycles. The Morgan fingerprint density at radius 1 is 1.47 bits per heavy atom. The molecule has 0 aliphatic heterocycles. The highest BCUT2D eigenvalue weighted by molar-refractivity contribution is 5.83. The number of hydrogen-bond acceptors (Lipinski definition) is 1. The molecule has 0 bridgehead atoms. The summed E-state index contributed by atoms with van der Waals surface area (Å²) in [4.78, 5) is 7.37. The maximum Gasteiger partial charge on any atom is 0.188 e. The van der Waals surface area contributed by atoms with E-state index < -0.39 is 0 Å². The zero-order valence-electron chi connectivity index (χ0n) is 11.2. The van der Waals surface area contributed by atoms with E-state index in [1.807, 2.05) is 20.0 Å². The number of rotatable bonds is 4. The van der Waals surface area contributed by atoms with Crippen molar-refractivity contribution in [1.29, 1.82) is 0 Å². The summed E-state index contributed by atoms with van der Waals surface area (Å²) >= 11 is 0. The first-order valence-electron chi connectivity index (χ1n) is 6.38. The summed E-state index contributed by atoms with van der Waals surface area (Å²) in [5.74, 6) is 0.221. The van der Waals surface area contributed by atoms with Gasteiger partial charge in [0.1, 0.15) is 5.82 Å². The molecule has 4 N–H and O–H groups in total.